The number of hydrogen-bond acceptors (Lipinski definition) is 5. The number of rotatable bonds is 6. The summed E-state index contributed by atoms with van der Waals surface area (Å²) in [6, 6.07) is 8.94. The van der Waals surface area contributed by atoms with Crippen LogP contribution in [0, 0.1) is 5.41 Å². The first kappa shape index (κ1) is 22.8. The van der Waals surface area contributed by atoms with E-state index in [0.717, 1.165) is 5.39 Å². The molecule has 1 atom stereocenters. The molecule has 2 aromatic heterocycles. The summed E-state index contributed by atoms with van der Waals surface area (Å²) in [5.74, 6) is -0.472. The van der Waals surface area contributed by atoms with Crippen molar-refractivity contribution in [2.45, 2.75) is 59.2 Å². The Labute approximate surface area is 180 Å². The average molecular weight is 430 g/mol. The third-order valence-corrected chi connectivity index (χ3v) is 4.82. The van der Waals surface area contributed by atoms with Crippen LogP contribution in [-0.4, -0.2) is 26.8 Å². The van der Waals surface area contributed by atoms with Crippen molar-refractivity contribution in [3.05, 3.63) is 48.3 Å². The van der Waals surface area contributed by atoms with Crippen LogP contribution in [0.1, 0.15) is 53.2 Å². The molecular formula is C23H28F2N4O2. The molecule has 2 N–H and O–H groups in total. The van der Waals surface area contributed by atoms with Gasteiger partial charge in [-0.1, -0.05) is 32.9 Å². The Morgan fingerprint density at radius 3 is 2.48 bits per heavy atom. The van der Waals surface area contributed by atoms with Gasteiger partial charge in [-0.15, -0.1) is 0 Å². The van der Waals surface area contributed by atoms with Gasteiger partial charge in [-0.3, -0.25) is 0 Å². The molecule has 0 bridgehead atoms. The molecule has 0 amide bonds. The van der Waals surface area contributed by atoms with E-state index in [4.69, 9.17) is 10.5 Å². The minimum Gasteiger partial charge on any atom is -0.461 e. The molecule has 0 aliphatic heterocycles. The Morgan fingerprint density at radius 1 is 1.19 bits per heavy atom. The van der Waals surface area contributed by atoms with Gasteiger partial charge in [-0.2, -0.15) is 13.9 Å². The summed E-state index contributed by atoms with van der Waals surface area (Å²) in [6.45, 7) is 6.93. The predicted octanol–water partition coefficient (Wildman–Crippen LogP) is 5.04. The number of fused-ring (bicyclic) bond motifs is 1. The number of hydrogen-bond donors (Lipinski definition) is 1. The van der Waals surface area contributed by atoms with Gasteiger partial charge in [-0.05, 0) is 49.4 Å². The highest BCUT2D eigenvalue weighted by Crippen LogP contribution is 2.35. The molecule has 0 aliphatic carbocycles. The molecule has 0 saturated heterocycles. The summed E-state index contributed by atoms with van der Waals surface area (Å²) in [7, 11) is 0. The first-order valence-electron chi connectivity index (χ1n) is 10.1. The van der Waals surface area contributed by atoms with E-state index in [1.54, 1.807) is 32.0 Å². The average Bonchev–Trinajstić information content (AvgIpc) is 3.15. The quantitative estimate of drug-likeness (QED) is 0.554. The van der Waals surface area contributed by atoms with Gasteiger partial charge in [0.05, 0.1) is 23.5 Å². The predicted molar refractivity (Wildman–Crippen MR) is 115 cm³/mol. The molecule has 166 valence electrons. The Kier molecular flexibility index (Phi) is 6.14. The fraction of sp³-hybridized carbons (Fsp3) is 0.435. The highest BCUT2D eigenvalue weighted by atomic mass is 19.3. The van der Waals surface area contributed by atoms with Crippen LogP contribution in [0.5, 0.6) is 0 Å². The van der Waals surface area contributed by atoms with Gasteiger partial charge in [-0.25, -0.2) is 14.5 Å². The summed E-state index contributed by atoms with van der Waals surface area (Å²) in [4.78, 5) is 17.5. The molecular weight excluding hydrogens is 402 g/mol. The van der Waals surface area contributed by atoms with E-state index in [2.05, 4.69) is 10.1 Å². The number of nitrogens with zero attached hydrogens (tertiary/aromatic N) is 3. The van der Waals surface area contributed by atoms with Gasteiger partial charge in [0.1, 0.15) is 5.54 Å². The van der Waals surface area contributed by atoms with Crippen LogP contribution >= 0.6 is 0 Å². The normalized spacial score (nSPS) is 14.3. The van der Waals surface area contributed by atoms with Crippen LogP contribution in [-0.2, 0) is 15.1 Å². The van der Waals surface area contributed by atoms with Gasteiger partial charge in [0.2, 0.25) is 0 Å². The molecule has 1 aromatic carbocycles. The fourth-order valence-corrected chi connectivity index (χ4v) is 3.59. The lowest BCUT2D eigenvalue weighted by molar-refractivity contribution is -0.156. The largest absolute Gasteiger partial charge is 0.461 e. The molecule has 0 unspecified atom stereocenters. The second-order valence-corrected chi connectivity index (χ2v) is 9.25. The van der Waals surface area contributed by atoms with E-state index in [1.807, 2.05) is 32.9 Å². The summed E-state index contributed by atoms with van der Waals surface area (Å²) in [5.41, 5.74) is 7.45. The van der Waals surface area contributed by atoms with Gasteiger partial charge >= 0.3 is 12.5 Å². The molecule has 3 rings (SSSR count). The van der Waals surface area contributed by atoms with Crippen molar-refractivity contribution in [2.24, 2.45) is 11.1 Å². The maximum Gasteiger partial charge on any atom is 0.333 e. The van der Waals surface area contributed by atoms with E-state index in [0.29, 0.717) is 33.4 Å². The summed E-state index contributed by atoms with van der Waals surface area (Å²) in [6.07, 6.45) is 2.72. The summed E-state index contributed by atoms with van der Waals surface area (Å²) >= 11 is 0. The maximum absolute atomic E-state index is 13.0. The number of ether oxygens (including phenoxy) is 1. The van der Waals surface area contributed by atoms with Crippen LogP contribution in [0.25, 0.3) is 22.2 Å². The Balaban J connectivity index is 2.01. The number of aromatic nitrogens is 3. The van der Waals surface area contributed by atoms with Crippen LogP contribution in [0.2, 0.25) is 0 Å². The lowest BCUT2D eigenvalue weighted by Crippen LogP contribution is -2.49. The topological polar surface area (TPSA) is 83.0 Å². The number of alkyl halides is 2. The number of halogens is 2. The van der Waals surface area contributed by atoms with E-state index < -0.39 is 18.1 Å². The zero-order valence-corrected chi connectivity index (χ0v) is 18.4. The monoisotopic (exact) mass is 430 g/mol. The number of esters is 1. The van der Waals surface area contributed by atoms with Gasteiger partial charge in [0.25, 0.3) is 0 Å². The van der Waals surface area contributed by atoms with Crippen LogP contribution < -0.4 is 5.73 Å². The highest BCUT2D eigenvalue weighted by molar-refractivity contribution is 5.87. The number of benzene rings is 1. The second kappa shape index (κ2) is 8.34. The van der Waals surface area contributed by atoms with Gasteiger partial charge in [0, 0.05) is 17.1 Å². The lowest BCUT2D eigenvalue weighted by Gasteiger charge is -2.34. The Bertz CT molecular complexity index is 1090. The minimum absolute atomic E-state index is 0.216. The third-order valence-electron chi connectivity index (χ3n) is 4.82. The van der Waals surface area contributed by atoms with E-state index in [-0.39, 0.29) is 11.5 Å². The lowest BCUT2D eigenvalue weighted by atomic mass is 9.76. The molecule has 2 heterocycles. The minimum atomic E-state index is -2.71. The van der Waals surface area contributed by atoms with Crippen molar-refractivity contribution in [3.8, 4) is 11.3 Å². The van der Waals surface area contributed by atoms with E-state index in [9.17, 15) is 13.6 Å². The number of pyridine rings is 1. The van der Waals surface area contributed by atoms with Crippen LogP contribution in [0.3, 0.4) is 0 Å². The fourth-order valence-electron chi connectivity index (χ4n) is 3.59. The molecule has 0 aliphatic rings. The molecule has 31 heavy (non-hydrogen) atoms. The third kappa shape index (κ3) is 5.07. The van der Waals surface area contributed by atoms with Gasteiger partial charge in [0.15, 0.2) is 0 Å². The van der Waals surface area contributed by atoms with Crippen molar-refractivity contribution in [1.82, 2.24) is 14.8 Å². The number of carbonyl (C=O) groups excluding carboxylic acids is 1. The molecule has 0 radical (unpaired) electrons. The van der Waals surface area contributed by atoms with Crippen molar-refractivity contribution in [1.29, 1.82) is 0 Å². The second-order valence-electron chi connectivity index (χ2n) is 9.25. The van der Waals surface area contributed by atoms with E-state index >= 15 is 0 Å². The van der Waals surface area contributed by atoms with E-state index in [1.165, 1.54) is 12.4 Å². The first-order valence-corrected chi connectivity index (χ1v) is 10.1. The molecule has 0 spiro atoms. The Hall–Kier alpha value is -2.87. The molecule has 0 fully saturated rings. The zero-order valence-electron chi connectivity index (χ0n) is 18.4. The standard InChI is InChI=1S/C23H28F2N4O2/c1-14(2)31-20(30)23(26,13-22(3,4)5)17-7-9-18-15(10-17)6-8-19(28-18)16-11-27-29(12-16)21(24)25/h6-12,14,21H,13,26H2,1-5H3/t23-/m1/s1. The molecule has 6 nitrogen and oxygen atoms in total. The SMILES string of the molecule is CC(C)OC(=O)[C@@](N)(CC(C)(C)C)c1ccc2nc(-c3cnn(C(F)F)c3)ccc2c1. The van der Waals surface area contributed by atoms with Gasteiger partial charge < -0.3 is 10.5 Å². The smallest absolute Gasteiger partial charge is 0.333 e. The molecule has 0 saturated carbocycles. The maximum atomic E-state index is 13.0. The summed E-state index contributed by atoms with van der Waals surface area (Å²) in [5, 5.41) is 4.44. The summed E-state index contributed by atoms with van der Waals surface area (Å²) < 4.78 is 31.7. The first-order chi connectivity index (χ1) is 14.4. The van der Waals surface area contributed by atoms with Crippen LogP contribution in [0.4, 0.5) is 8.78 Å². The number of carbonyl (C=O) groups is 1. The molecule has 3 aromatic rings. The number of nitrogens with two attached hydrogens (primary N) is 1. The highest BCUT2D eigenvalue weighted by Gasteiger charge is 2.41. The van der Waals surface area contributed by atoms with Crippen LogP contribution in [0.15, 0.2) is 42.7 Å². The van der Waals surface area contributed by atoms with Crippen molar-refractivity contribution in [2.75, 3.05) is 0 Å². The van der Waals surface area contributed by atoms with Crippen molar-refractivity contribution in [3.63, 3.8) is 0 Å². The molecule has 8 heteroatoms. The van der Waals surface area contributed by atoms with Crippen molar-refractivity contribution >= 4 is 16.9 Å². The zero-order chi connectivity index (χ0) is 23.0. The van der Waals surface area contributed by atoms with Crippen molar-refractivity contribution < 1.29 is 18.3 Å². The Morgan fingerprint density at radius 2 is 1.90 bits per heavy atom.